The highest BCUT2D eigenvalue weighted by Gasteiger charge is 2.13. The second kappa shape index (κ2) is 6.26. The average Bonchev–Trinajstić information content (AvgIpc) is 2.24. The average molecular weight is 277 g/mol. The Morgan fingerprint density at radius 1 is 1.41 bits per heavy atom. The lowest BCUT2D eigenvalue weighted by Gasteiger charge is -2.12. The molecule has 5 heteroatoms. The summed E-state index contributed by atoms with van der Waals surface area (Å²) >= 11 is 0. The van der Waals surface area contributed by atoms with Crippen LogP contribution in [-0.2, 0) is 15.5 Å². The van der Waals surface area contributed by atoms with E-state index in [2.05, 4.69) is 6.92 Å². The van der Waals surface area contributed by atoms with Gasteiger partial charge in [0.2, 0.25) is 9.05 Å². The fraction of sp³-hybridized carbons (Fsp3) is 0.500. The monoisotopic (exact) mass is 276 g/mol. The molecular weight excluding hydrogens is 260 g/mol. The Bertz CT molecular complexity index is 457. The van der Waals surface area contributed by atoms with Crippen LogP contribution >= 0.6 is 10.7 Å². The van der Waals surface area contributed by atoms with Crippen molar-refractivity contribution in [1.29, 1.82) is 0 Å². The highest BCUT2D eigenvalue weighted by atomic mass is 35.7. The van der Waals surface area contributed by atoms with Gasteiger partial charge in [-0.2, -0.15) is 0 Å². The molecule has 0 N–H and O–H groups in total. The third-order valence-corrected chi connectivity index (χ3v) is 3.67. The second-order valence-electron chi connectivity index (χ2n) is 4.12. The number of hydrogen-bond acceptors (Lipinski definition) is 3. The van der Waals surface area contributed by atoms with Crippen LogP contribution in [0.25, 0.3) is 0 Å². The maximum absolute atomic E-state index is 10.9. The minimum absolute atomic E-state index is 0.0674. The van der Waals surface area contributed by atoms with Gasteiger partial charge >= 0.3 is 0 Å². The summed E-state index contributed by atoms with van der Waals surface area (Å²) in [7, 11) is 1.73. The van der Waals surface area contributed by atoms with Crippen LogP contribution in [0.5, 0.6) is 5.75 Å². The number of hydrogen-bond donors (Lipinski definition) is 0. The third-order valence-electron chi connectivity index (χ3n) is 2.32. The van der Waals surface area contributed by atoms with Crippen molar-refractivity contribution in [2.24, 2.45) is 5.92 Å². The summed E-state index contributed by atoms with van der Waals surface area (Å²) in [4.78, 5) is 0. The second-order valence-corrected chi connectivity index (χ2v) is 6.94. The molecule has 0 aliphatic carbocycles. The molecule has 0 fully saturated rings. The van der Waals surface area contributed by atoms with Crippen molar-refractivity contribution >= 4 is 19.7 Å². The van der Waals surface area contributed by atoms with Crippen molar-refractivity contribution in [2.75, 3.05) is 12.4 Å². The highest BCUT2D eigenvalue weighted by molar-refractivity contribution is 8.13. The molecule has 0 aliphatic heterocycles. The molecule has 3 nitrogen and oxygen atoms in total. The van der Waals surface area contributed by atoms with E-state index in [1.165, 1.54) is 5.56 Å². The molecule has 1 aromatic carbocycles. The topological polar surface area (TPSA) is 43.4 Å². The SMILES string of the molecule is CCc1cccc(OCC(C)CS(=O)(=O)Cl)c1. The Morgan fingerprint density at radius 3 is 2.71 bits per heavy atom. The van der Waals surface area contributed by atoms with E-state index < -0.39 is 9.05 Å². The Kier molecular flexibility index (Phi) is 5.28. The Balaban J connectivity index is 2.49. The van der Waals surface area contributed by atoms with Gasteiger partial charge in [0.15, 0.2) is 0 Å². The van der Waals surface area contributed by atoms with E-state index in [-0.39, 0.29) is 11.7 Å². The normalized spacial score (nSPS) is 13.4. The van der Waals surface area contributed by atoms with E-state index in [9.17, 15) is 8.42 Å². The van der Waals surface area contributed by atoms with E-state index in [4.69, 9.17) is 15.4 Å². The molecule has 0 aromatic heterocycles. The van der Waals surface area contributed by atoms with Crippen molar-refractivity contribution in [2.45, 2.75) is 20.3 Å². The van der Waals surface area contributed by atoms with Crippen LogP contribution < -0.4 is 4.74 Å². The van der Waals surface area contributed by atoms with Crippen LogP contribution in [0.1, 0.15) is 19.4 Å². The third kappa shape index (κ3) is 5.94. The fourth-order valence-electron chi connectivity index (χ4n) is 1.48. The fourth-order valence-corrected chi connectivity index (χ4v) is 2.90. The molecule has 0 radical (unpaired) electrons. The molecule has 0 saturated carbocycles. The van der Waals surface area contributed by atoms with E-state index in [0.29, 0.717) is 6.61 Å². The van der Waals surface area contributed by atoms with Gasteiger partial charge in [0.05, 0.1) is 12.4 Å². The smallest absolute Gasteiger partial charge is 0.232 e. The summed E-state index contributed by atoms with van der Waals surface area (Å²) < 4.78 is 27.3. The van der Waals surface area contributed by atoms with E-state index in [1.54, 1.807) is 6.92 Å². The molecule has 17 heavy (non-hydrogen) atoms. The molecule has 0 heterocycles. The van der Waals surface area contributed by atoms with Gasteiger partial charge in [0.1, 0.15) is 5.75 Å². The quantitative estimate of drug-likeness (QED) is 0.751. The van der Waals surface area contributed by atoms with Gasteiger partial charge in [-0.1, -0.05) is 26.0 Å². The number of benzene rings is 1. The maximum Gasteiger partial charge on any atom is 0.232 e. The molecule has 1 atom stereocenters. The van der Waals surface area contributed by atoms with Gasteiger partial charge < -0.3 is 4.74 Å². The van der Waals surface area contributed by atoms with E-state index in [0.717, 1.165) is 12.2 Å². The molecule has 1 aromatic rings. The van der Waals surface area contributed by atoms with Crippen molar-refractivity contribution in [3.8, 4) is 5.75 Å². The number of rotatable bonds is 6. The van der Waals surface area contributed by atoms with Crippen LogP contribution in [0.15, 0.2) is 24.3 Å². The van der Waals surface area contributed by atoms with Crippen molar-refractivity contribution < 1.29 is 13.2 Å². The first-order valence-corrected chi connectivity index (χ1v) is 8.02. The molecule has 0 amide bonds. The lowest BCUT2D eigenvalue weighted by molar-refractivity contribution is 0.272. The van der Waals surface area contributed by atoms with E-state index >= 15 is 0 Å². The van der Waals surface area contributed by atoms with Crippen molar-refractivity contribution in [1.82, 2.24) is 0 Å². The number of halogens is 1. The van der Waals surface area contributed by atoms with Crippen molar-refractivity contribution in [3.63, 3.8) is 0 Å². The van der Waals surface area contributed by atoms with Gasteiger partial charge in [-0.15, -0.1) is 0 Å². The lowest BCUT2D eigenvalue weighted by atomic mass is 10.2. The summed E-state index contributed by atoms with van der Waals surface area (Å²) in [5, 5.41) is 0. The lowest BCUT2D eigenvalue weighted by Crippen LogP contribution is -2.16. The molecule has 1 rings (SSSR count). The van der Waals surface area contributed by atoms with Gasteiger partial charge in [0, 0.05) is 16.6 Å². The summed E-state index contributed by atoms with van der Waals surface area (Å²) in [6.45, 7) is 4.21. The van der Waals surface area contributed by atoms with Crippen LogP contribution in [-0.4, -0.2) is 20.8 Å². The molecule has 0 bridgehead atoms. The van der Waals surface area contributed by atoms with Gasteiger partial charge in [0.25, 0.3) is 0 Å². The zero-order chi connectivity index (χ0) is 12.9. The first-order chi connectivity index (χ1) is 7.90. The number of aryl methyl sites for hydroxylation is 1. The van der Waals surface area contributed by atoms with Crippen LogP contribution in [0, 0.1) is 5.92 Å². The van der Waals surface area contributed by atoms with E-state index in [1.807, 2.05) is 24.3 Å². The Hall–Kier alpha value is -0.740. The minimum atomic E-state index is -3.45. The van der Waals surface area contributed by atoms with Crippen molar-refractivity contribution in [3.05, 3.63) is 29.8 Å². The summed E-state index contributed by atoms with van der Waals surface area (Å²) in [6.07, 6.45) is 0.947. The predicted octanol–water partition coefficient (Wildman–Crippen LogP) is 2.83. The Morgan fingerprint density at radius 2 is 2.12 bits per heavy atom. The standard InChI is InChI=1S/C12H17ClO3S/c1-3-11-5-4-6-12(7-11)16-8-10(2)9-17(13,14)15/h4-7,10H,3,8-9H2,1-2H3. The maximum atomic E-state index is 10.9. The first-order valence-electron chi connectivity index (χ1n) is 5.54. The summed E-state index contributed by atoms with van der Waals surface area (Å²) in [6, 6.07) is 7.78. The first kappa shape index (κ1) is 14.3. The zero-order valence-corrected chi connectivity index (χ0v) is 11.6. The molecular formula is C12H17ClO3S. The molecule has 0 saturated heterocycles. The minimum Gasteiger partial charge on any atom is -0.493 e. The zero-order valence-electron chi connectivity index (χ0n) is 10.0. The number of ether oxygens (including phenoxy) is 1. The van der Waals surface area contributed by atoms with Crippen LogP contribution in [0.4, 0.5) is 0 Å². The molecule has 1 unspecified atom stereocenters. The summed E-state index contributed by atoms with van der Waals surface area (Å²) in [5.74, 6) is 0.577. The molecule has 96 valence electrons. The van der Waals surface area contributed by atoms with Gasteiger partial charge in [-0.05, 0) is 24.1 Å². The van der Waals surface area contributed by atoms with Gasteiger partial charge in [-0.3, -0.25) is 0 Å². The van der Waals surface area contributed by atoms with Gasteiger partial charge in [-0.25, -0.2) is 8.42 Å². The van der Waals surface area contributed by atoms with Crippen LogP contribution in [0.3, 0.4) is 0 Å². The molecule has 0 aliphatic rings. The van der Waals surface area contributed by atoms with Crippen LogP contribution in [0.2, 0.25) is 0 Å². The summed E-state index contributed by atoms with van der Waals surface area (Å²) in [5.41, 5.74) is 1.19. The molecule has 0 spiro atoms. The largest absolute Gasteiger partial charge is 0.493 e. The highest BCUT2D eigenvalue weighted by Crippen LogP contribution is 2.15. The Labute approximate surface area is 107 Å². The predicted molar refractivity (Wildman–Crippen MR) is 70.1 cm³/mol.